The number of aromatic nitrogens is 1. The second-order valence-corrected chi connectivity index (χ2v) is 10.3. The van der Waals surface area contributed by atoms with Crippen LogP contribution < -0.4 is 0 Å². The Balaban J connectivity index is 1.55. The van der Waals surface area contributed by atoms with Gasteiger partial charge in [0.15, 0.2) is 0 Å². The predicted molar refractivity (Wildman–Crippen MR) is 118 cm³/mol. The zero-order valence-corrected chi connectivity index (χ0v) is 18.3. The Bertz CT molecular complexity index is 878. The van der Waals surface area contributed by atoms with Crippen molar-refractivity contribution in [2.75, 3.05) is 20.1 Å². The first-order chi connectivity index (χ1) is 13.5. The molecule has 28 heavy (non-hydrogen) atoms. The lowest BCUT2D eigenvalue weighted by molar-refractivity contribution is 0.0720. The van der Waals surface area contributed by atoms with E-state index in [9.17, 15) is 0 Å². The van der Waals surface area contributed by atoms with Gasteiger partial charge in [-0.25, -0.2) is 0 Å². The number of hydrogen-bond acceptors (Lipinski definition) is 2. The highest BCUT2D eigenvalue weighted by Crippen LogP contribution is 2.45. The van der Waals surface area contributed by atoms with E-state index in [0.29, 0.717) is 11.6 Å². The van der Waals surface area contributed by atoms with Gasteiger partial charge in [-0.3, -0.25) is 9.80 Å². The van der Waals surface area contributed by atoms with Crippen LogP contribution in [-0.4, -0.2) is 46.1 Å². The van der Waals surface area contributed by atoms with Crippen molar-refractivity contribution in [3.63, 3.8) is 0 Å². The smallest absolute Gasteiger partial charge is 0.0486 e. The molecule has 3 aliphatic rings. The summed E-state index contributed by atoms with van der Waals surface area (Å²) in [6.07, 6.45) is 9.41. The Morgan fingerprint density at radius 3 is 2.75 bits per heavy atom. The van der Waals surface area contributed by atoms with Gasteiger partial charge in [-0.2, -0.15) is 0 Å². The first kappa shape index (κ1) is 18.7. The topological polar surface area (TPSA) is 11.4 Å². The van der Waals surface area contributed by atoms with Crippen molar-refractivity contribution < 1.29 is 0 Å². The van der Waals surface area contributed by atoms with Crippen LogP contribution in [0, 0.1) is 6.92 Å². The van der Waals surface area contributed by atoms with Crippen LogP contribution in [0.1, 0.15) is 75.2 Å². The maximum Gasteiger partial charge on any atom is 0.0486 e. The SMILES string of the molecule is Cc1ccc2c(c1)c1c(n2CCN2CCCCC2(C)C)CC2CCCC1N2C. The third-order valence-corrected chi connectivity index (χ3v) is 8.13. The Kier molecular flexibility index (Phi) is 4.59. The first-order valence-corrected chi connectivity index (χ1v) is 11.5. The molecule has 2 atom stereocenters. The predicted octanol–water partition coefficient (Wildman–Crippen LogP) is 5.30. The second kappa shape index (κ2) is 6.88. The third kappa shape index (κ3) is 2.93. The van der Waals surface area contributed by atoms with Crippen LogP contribution in [-0.2, 0) is 13.0 Å². The molecule has 1 aromatic heterocycles. The van der Waals surface area contributed by atoms with Crippen molar-refractivity contribution in [1.29, 1.82) is 0 Å². The molecule has 5 rings (SSSR count). The Labute approximate surface area is 170 Å². The fourth-order valence-corrected chi connectivity index (χ4v) is 6.38. The minimum absolute atomic E-state index is 0.356. The van der Waals surface area contributed by atoms with Crippen LogP contribution >= 0.6 is 0 Å². The summed E-state index contributed by atoms with van der Waals surface area (Å²) < 4.78 is 2.72. The van der Waals surface area contributed by atoms with Gasteiger partial charge >= 0.3 is 0 Å². The van der Waals surface area contributed by atoms with Crippen LogP contribution in [0.25, 0.3) is 10.9 Å². The number of fused-ring (bicyclic) bond motifs is 6. The Morgan fingerprint density at radius 1 is 1.07 bits per heavy atom. The molecule has 3 heteroatoms. The van der Waals surface area contributed by atoms with E-state index >= 15 is 0 Å². The number of nitrogens with zero attached hydrogens (tertiary/aromatic N) is 3. The Hall–Kier alpha value is -1.32. The first-order valence-electron chi connectivity index (χ1n) is 11.5. The highest BCUT2D eigenvalue weighted by Gasteiger charge is 2.38. The molecule has 3 nitrogen and oxygen atoms in total. The van der Waals surface area contributed by atoms with Gasteiger partial charge in [0.05, 0.1) is 0 Å². The molecule has 1 aromatic carbocycles. The molecule has 4 heterocycles. The lowest BCUT2D eigenvalue weighted by Gasteiger charge is -2.45. The van der Waals surface area contributed by atoms with Gasteiger partial charge < -0.3 is 4.57 Å². The molecule has 2 saturated heterocycles. The molecular weight excluding hydrogens is 342 g/mol. The molecule has 0 aliphatic carbocycles. The van der Waals surface area contributed by atoms with Gasteiger partial charge in [0, 0.05) is 53.7 Å². The molecule has 0 spiro atoms. The molecule has 0 saturated carbocycles. The van der Waals surface area contributed by atoms with E-state index in [1.807, 2.05) is 0 Å². The summed E-state index contributed by atoms with van der Waals surface area (Å²) in [5.41, 5.74) is 6.55. The molecular formula is C25H37N3. The highest BCUT2D eigenvalue weighted by molar-refractivity contribution is 5.87. The maximum absolute atomic E-state index is 2.75. The minimum Gasteiger partial charge on any atom is -0.343 e. The number of piperidine rings is 2. The molecule has 2 bridgehead atoms. The van der Waals surface area contributed by atoms with E-state index in [4.69, 9.17) is 0 Å². The van der Waals surface area contributed by atoms with E-state index in [-0.39, 0.29) is 0 Å². The largest absolute Gasteiger partial charge is 0.343 e. The fourth-order valence-electron chi connectivity index (χ4n) is 6.38. The molecule has 2 fully saturated rings. The van der Waals surface area contributed by atoms with Crippen LogP contribution in [0.2, 0.25) is 0 Å². The van der Waals surface area contributed by atoms with E-state index in [2.05, 4.69) is 60.4 Å². The summed E-state index contributed by atoms with van der Waals surface area (Å²) in [6, 6.07) is 8.53. The summed E-state index contributed by atoms with van der Waals surface area (Å²) in [5.74, 6) is 0. The fraction of sp³-hybridized carbons (Fsp3) is 0.680. The zero-order chi connectivity index (χ0) is 19.5. The quantitative estimate of drug-likeness (QED) is 0.717. The number of rotatable bonds is 3. The van der Waals surface area contributed by atoms with Crippen LogP contribution in [0.15, 0.2) is 18.2 Å². The van der Waals surface area contributed by atoms with Gasteiger partial charge in [0.2, 0.25) is 0 Å². The number of likely N-dealkylation sites (tertiary alicyclic amines) is 1. The number of hydrogen-bond donors (Lipinski definition) is 0. The number of benzene rings is 1. The van der Waals surface area contributed by atoms with Gasteiger partial charge in [-0.05, 0) is 84.2 Å². The van der Waals surface area contributed by atoms with Gasteiger partial charge in [-0.15, -0.1) is 0 Å². The molecule has 3 aliphatic heterocycles. The van der Waals surface area contributed by atoms with Crippen LogP contribution in [0.5, 0.6) is 0 Å². The average molecular weight is 380 g/mol. The number of likely N-dealkylation sites (N-methyl/N-ethyl adjacent to an activating group) is 1. The van der Waals surface area contributed by atoms with Crippen LogP contribution in [0.3, 0.4) is 0 Å². The minimum atomic E-state index is 0.356. The molecule has 2 unspecified atom stereocenters. The van der Waals surface area contributed by atoms with E-state index in [1.165, 1.54) is 74.5 Å². The van der Waals surface area contributed by atoms with Crippen molar-refractivity contribution in [2.45, 2.75) is 89.9 Å². The van der Waals surface area contributed by atoms with Crippen molar-refractivity contribution >= 4 is 10.9 Å². The lowest BCUT2D eigenvalue weighted by Crippen LogP contribution is -2.48. The monoisotopic (exact) mass is 379 g/mol. The van der Waals surface area contributed by atoms with Gasteiger partial charge in [-0.1, -0.05) is 18.1 Å². The summed E-state index contributed by atoms with van der Waals surface area (Å²) in [4.78, 5) is 5.43. The average Bonchev–Trinajstić information content (AvgIpc) is 2.93. The van der Waals surface area contributed by atoms with Crippen molar-refractivity contribution in [2.24, 2.45) is 0 Å². The molecule has 0 radical (unpaired) electrons. The second-order valence-electron chi connectivity index (χ2n) is 10.3. The maximum atomic E-state index is 2.75. The lowest BCUT2D eigenvalue weighted by atomic mass is 9.82. The highest BCUT2D eigenvalue weighted by atomic mass is 15.2. The number of aryl methyl sites for hydroxylation is 1. The van der Waals surface area contributed by atoms with Crippen molar-refractivity contribution in [1.82, 2.24) is 14.4 Å². The van der Waals surface area contributed by atoms with E-state index < -0.39 is 0 Å². The molecule has 0 amide bonds. The summed E-state index contributed by atoms with van der Waals surface area (Å²) in [7, 11) is 2.37. The standard InChI is InChI=1S/C25H37N3/c1-18-10-11-21-20(16-18)24-22-9-7-8-19(26(22)4)17-23(24)28(21)15-14-27-13-6-5-12-25(27,2)3/h10-11,16,19,22H,5-9,12-15,17H2,1-4H3. The zero-order valence-electron chi connectivity index (χ0n) is 18.3. The van der Waals surface area contributed by atoms with E-state index in [0.717, 1.165) is 12.6 Å². The molecule has 152 valence electrons. The molecule has 0 N–H and O–H groups in total. The van der Waals surface area contributed by atoms with Crippen LogP contribution in [0.4, 0.5) is 0 Å². The normalized spacial score (nSPS) is 27.9. The van der Waals surface area contributed by atoms with E-state index in [1.54, 1.807) is 11.3 Å². The van der Waals surface area contributed by atoms with Crippen molar-refractivity contribution in [3.8, 4) is 0 Å². The summed E-state index contributed by atoms with van der Waals surface area (Å²) in [5, 5.41) is 1.53. The summed E-state index contributed by atoms with van der Waals surface area (Å²) in [6.45, 7) is 10.7. The Morgan fingerprint density at radius 2 is 1.93 bits per heavy atom. The summed E-state index contributed by atoms with van der Waals surface area (Å²) >= 11 is 0. The van der Waals surface area contributed by atoms with Crippen molar-refractivity contribution in [3.05, 3.63) is 35.0 Å². The van der Waals surface area contributed by atoms with Gasteiger partial charge in [0.25, 0.3) is 0 Å². The van der Waals surface area contributed by atoms with Gasteiger partial charge in [0.1, 0.15) is 0 Å². The molecule has 2 aromatic rings. The third-order valence-electron chi connectivity index (χ3n) is 8.13.